The molecule has 0 saturated carbocycles. The number of rotatable bonds is 5. The maximum Gasteiger partial charge on any atom is 0.335 e. The van der Waals surface area contributed by atoms with E-state index in [-0.39, 0.29) is 5.57 Å². The van der Waals surface area contributed by atoms with Crippen molar-refractivity contribution in [1.29, 1.82) is 0 Å². The van der Waals surface area contributed by atoms with Crippen LogP contribution in [0.1, 0.15) is 24.5 Å². The summed E-state index contributed by atoms with van der Waals surface area (Å²) in [7, 11) is 0. The van der Waals surface area contributed by atoms with Gasteiger partial charge in [0.15, 0.2) is 0 Å². The Kier molecular flexibility index (Phi) is 5.35. The summed E-state index contributed by atoms with van der Waals surface area (Å²) < 4.78 is 5.52. The predicted octanol–water partition coefficient (Wildman–Crippen LogP) is 3.45. The molecule has 2 aromatic carbocycles. The van der Waals surface area contributed by atoms with Crippen molar-refractivity contribution in [1.82, 2.24) is 5.32 Å². The van der Waals surface area contributed by atoms with Crippen molar-refractivity contribution >= 4 is 29.6 Å². The number of anilines is 1. The van der Waals surface area contributed by atoms with Crippen molar-refractivity contribution in [2.24, 2.45) is 0 Å². The minimum Gasteiger partial charge on any atom is -0.494 e. The summed E-state index contributed by atoms with van der Waals surface area (Å²) in [4.78, 5) is 38.2. The molecular weight excluding hydrogens is 344 g/mol. The average molecular weight is 364 g/mol. The van der Waals surface area contributed by atoms with Crippen LogP contribution < -0.4 is 15.0 Å². The van der Waals surface area contributed by atoms with Crippen LogP contribution in [0.25, 0.3) is 6.08 Å². The number of benzene rings is 2. The van der Waals surface area contributed by atoms with Crippen LogP contribution in [0.4, 0.5) is 10.5 Å². The topological polar surface area (TPSA) is 75.7 Å². The van der Waals surface area contributed by atoms with Crippen molar-refractivity contribution < 1.29 is 19.1 Å². The molecule has 1 aliphatic heterocycles. The minimum atomic E-state index is -0.754. The van der Waals surface area contributed by atoms with E-state index in [1.807, 2.05) is 19.9 Å². The lowest BCUT2D eigenvalue weighted by Gasteiger charge is -2.26. The van der Waals surface area contributed by atoms with Crippen molar-refractivity contribution in [3.8, 4) is 5.75 Å². The highest BCUT2D eigenvalue weighted by Crippen LogP contribution is 2.23. The third kappa shape index (κ3) is 4.06. The molecule has 1 heterocycles. The van der Waals surface area contributed by atoms with Crippen LogP contribution in [0.2, 0.25) is 0 Å². The number of hydrogen-bond donors (Lipinski definition) is 1. The van der Waals surface area contributed by atoms with Crippen LogP contribution in [0, 0.1) is 6.92 Å². The van der Waals surface area contributed by atoms with Gasteiger partial charge in [0.2, 0.25) is 0 Å². The van der Waals surface area contributed by atoms with Crippen molar-refractivity contribution in [3.63, 3.8) is 0 Å². The molecule has 0 bridgehead atoms. The molecule has 27 heavy (non-hydrogen) atoms. The summed E-state index contributed by atoms with van der Waals surface area (Å²) >= 11 is 0. The van der Waals surface area contributed by atoms with Gasteiger partial charge in [-0.25, -0.2) is 9.69 Å². The number of ether oxygens (including phenoxy) is 1. The van der Waals surface area contributed by atoms with E-state index in [9.17, 15) is 14.4 Å². The maximum absolute atomic E-state index is 12.8. The Hall–Kier alpha value is -3.41. The number of imide groups is 2. The second-order valence-corrected chi connectivity index (χ2v) is 6.21. The quantitative estimate of drug-likeness (QED) is 0.651. The van der Waals surface area contributed by atoms with Gasteiger partial charge in [-0.2, -0.15) is 0 Å². The summed E-state index contributed by atoms with van der Waals surface area (Å²) in [6.45, 7) is 4.50. The molecule has 6 heteroatoms. The van der Waals surface area contributed by atoms with Gasteiger partial charge in [0.1, 0.15) is 11.3 Å². The normalized spacial score (nSPS) is 15.9. The molecule has 138 valence electrons. The molecule has 6 nitrogen and oxygen atoms in total. The number of hydrogen-bond acceptors (Lipinski definition) is 4. The Labute approximate surface area is 157 Å². The molecule has 1 fully saturated rings. The number of carbonyl (C=O) groups excluding carboxylic acids is 3. The summed E-state index contributed by atoms with van der Waals surface area (Å²) in [5.74, 6) is -0.643. The van der Waals surface area contributed by atoms with Crippen molar-refractivity contribution in [3.05, 3.63) is 65.2 Å². The summed E-state index contributed by atoms with van der Waals surface area (Å²) in [6, 6.07) is 13.3. The van der Waals surface area contributed by atoms with Gasteiger partial charge >= 0.3 is 6.03 Å². The molecule has 0 aromatic heterocycles. The largest absolute Gasteiger partial charge is 0.494 e. The fraction of sp³-hybridized carbons (Fsp3) is 0.190. The molecule has 0 radical (unpaired) electrons. The van der Waals surface area contributed by atoms with Gasteiger partial charge in [0.25, 0.3) is 11.8 Å². The van der Waals surface area contributed by atoms with Crippen LogP contribution >= 0.6 is 0 Å². The molecule has 1 saturated heterocycles. The van der Waals surface area contributed by atoms with Crippen LogP contribution in [0.15, 0.2) is 54.1 Å². The van der Waals surface area contributed by atoms with Gasteiger partial charge in [-0.05, 0) is 54.8 Å². The fourth-order valence-corrected chi connectivity index (χ4v) is 2.71. The third-order valence-electron chi connectivity index (χ3n) is 4.03. The van der Waals surface area contributed by atoms with Crippen LogP contribution in [-0.4, -0.2) is 24.5 Å². The molecular formula is C21H20N2O4. The van der Waals surface area contributed by atoms with Gasteiger partial charge in [0, 0.05) is 0 Å². The first-order valence-electron chi connectivity index (χ1n) is 8.70. The summed E-state index contributed by atoms with van der Waals surface area (Å²) in [5, 5.41) is 2.22. The lowest BCUT2D eigenvalue weighted by Crippen LogP contribution is -2.54. The average Bonchev–Trinajstić information content (AvgIpc) is 2.64. The first-order chi connectivity index (χ1) is 13.0. The van der Waals surface area contributed by atoms with Gasteiger partial charge in [-0.15, -0.1) is 0 Å². The van der Waals surface area contributed by atoms with E-state index in [1.165, 1.54) is 6.08 Å². The molecule has 1 N–H and O–H groups in total. The van der Waals surface area contributed by atoms with Crippen LogP contribution in [0.5, 0.6) is 5.75 Å². The highest BCUT2D eigenvalue weighted by atomic mass is 16.5. The van der Waals surface area contributed by atoms with Gasteiger partial charge in [-0.1, -0.05) is 31.2 Å². The maximum atomic E-state index is 12.8. The molecule has 2 aromatic rings. The highest BCUT2D eigenvalue weighted by Gasteiger charge is 2.36. The Morgan fingerprint density at radius 3 is 2.48 bits per heavy atom. The summed E-state index contributed by atoms with van der Waals surface area (Å²) in [5.41, 5.74) is 1.88. The SMILES string of the molecule is CCCOc1ccc(/C=C2\C(=O)NC(=O)N(c3cccc(C)c3)C2=O)cc1. The number of barbiturate groups is 1. The molecule has 0 atom stereocenters. The van der Waals surface area contributed by atoms with E-state index < -0.39 is 17.8 Å². The van der Waals surface area contributed by atoms with Gasteiger partial charge in [-0.3, -0.25) is 14.9 Å². The standard InChI is InChI=1S/C21H20N2O4/c1-3-11-27-17-9-7-15(8-10-17)13-18-19(24)22-21(26)23(20(18)25)16-6-4-5-14(2)12-16/h4-10,12-13H,3,11H2,1-2H3,(H,22,24,26)/b18-13+. The first kappa shape index (κ1) is 18.4. The Morgan fingerprint density at radius 2 is 1.81 bits per heavy atom. The van der Waals surface area contributed by atoms with Crippen LogP contribution in [-0.2, 0) is 9.59 Å². The van der Waals surface area contributed by atoms with E-state index in [1.54, 1.807) is 42.5 Å². The van der Waals surface area contributed by atoms with Gasteiger partial charge < -0.3 is 4.74 Å². The second-order valence-electron chi connectivity index (χ2n) is 6.21. The zero-order valence-electron chi connectivity index (χ0n) is 15.2. The molecule has 0 aliphatic carbocycles. The van der Waals surface area contributed by atoms with Crippen molar-refractivity contribution in [2.75, 3.05) is 11.5 Å². The first-order valence-corrected chi connectivity index (χ1v) is 8.70. The van der Waals surface area contributed by atoms with Crippen LogP contribution in [0.3, 0.4) is 0 Å². The number of nitrogens with zero attached hydrogens (tertiary/aromatic N) is 1. The summed E-state index contributed by atoms with van der Waals surface area (Å²) in [6.07, 6.45) is 2.37. The minimum absolute atomic E-state index is 0.0988. The number of carbonyl (C=O) groups is 3. The fourth-order valence-electron chi connectivity index (χ4n) is 2.71. The number of aryl methyl sites for hydroxylation is 1. The number of amides is 4. The molecule has 0 spiro atoms. The van der Waals surface area contributed by atoms with E-state index in [0.717, 1.165) is 22.6 Å². The lowest BCUT2D eigenvalue weighted by molar-refractivity contribution is -0.122. The second kappa shape index (κ2) is 7.86. The van der Waals surface area contributed by atoms with E-state index in [2.05, 4.69) is 5.32 Å². The Morgan fingerprint density at radius 1 is 1.07 bits per heavy atom. The third-order valence-corrected chi connectivity index (χ3v) is 4.03. The molecule has 4 amide bonds. The van der Waals surface area contributed by atoms with E-state index >= 15 is 0 Å². The monoisotopic (exact) mass is 364 g/mol. The molecule has 3 rings (SSSR count). The van der Waals surface area contributed by atoms with E-state index in [4.69, 9.17) is 4.74 Å². The zero-order chi connectivity index (χ0) is 19.4. The smallest absolute Gasteiger partial charge is 0.335 e. The molecule has 0 unspecified atom stereocenters. The molecule has 1 aliphatic rings. The van der Waals surface area contributed by atoms with Crippen molar-refractivity contribution in [2.45, 2.75) is 20.3 Å². The Balaban J connectivity index is 1.90. The lowest BCUT2D eigenvalue weighted by atomic mass is 10.1. The zero-order valence-corrected chi connectivity index (χ0v) is 15.2. The number of urea groups is 1. The van der Waals surface area contributed by atoms with Gasteiger partial charge in [0.05, 0.1) is 12.3 Å². The highest BCUT2D eigenvalue weighted by molar-refractivity contribution is 6.39. The Bertz CT molecular complexity index is 916. The van der Waals surface area contributed by atoms with E-state index in [0.29, 0.717) is 17.9 Å². The predicted molar refractivity (Wildman–Crippen MR) is 102 cm³/mol. The number of nitrogens with one attached hydrogen (secondary N) is 1.